The van der Waals surface area contributed by atoms with Crippen LogP contribution in [0.5, 0.6) is 0 Å². The summed E-state index contributed by atoms with van der Waals surface area (Å²) in [4.78, 5) is 2.44. The summed E-state index contributed by atoms with van der Waals surface area (Å²) in [7, 11) is 0. The van der Waals surface area contributed by atoms with Crippen LogP contribution in [0.3, 0.4) is 0 Å². The van der Waals surface area contributed by atoms with Gasteiger partial charge in [-0.1, -0.05) is 170 Å². The standard InChI is InChI=1S/C58H38N2/c1-2-18-45(19-3-1)60-56-26-11-9-23-54(56)58-53(24-13-27-57(58)60)42-17-12-16-41(36-42)52-22-8-10-25-55(52)59(46-32-34-50-43(37-46)30-28-39-14-4-6-20-48(39)50)47-33-35-51-44(38-47)31-29-40-15-5-7-21-49(40)51/h1-38H. The Labute approximate surface area is 348 Å². The van der Waals surface area contributed by atoms with Crippen molar-refractivity contribution >= 4 is 82.0 Å². The monoisotopic (exact) mass is 762 g/mol. The number of aromatic nitrogens is 1. The molecule has 60 heavy (non-hydrogen) atoms. The molecule has 0 aliphatic heterocycles. The van der Waals surface area contributed by atoms with E-state index in [1.54, 1.807) is 0 Å². The van der Waals surface area contributed by atoms with Gasteiger partial charge >= 0.3 is 0 Å². The van der Waals surface area contributed by atoms with E-state index < -0.39 is 0 Å². The van der Waals surface area contributed by atoms with Crippen molar-refractivity contribution in [2.45, 2.75) is 0 Å². The van der Waals surface area contributed by atoms with Crippen LogP contribution in [0.2, 0.25) is 0 Å². The summed E-state index contributed by atoms with van der Waals surface area (Å²) in [5.74, 6) is 0. The van der Waals surface area contributed by atoms with Crippen molar-refractivity contribution in [2.75, 3.05) is 4.90 Å². The number of hydrogen-bond donors (Lipinski definition) is 0. The van der Waals surface area contributed by atoms with Gasteiger partial charge in [-0.3, -0.25) is 0 Å². The molecular formula is C58H38N2. The van der Waals surface area contributed by atoms with Crippen molar-refractivity contribution in [1.82, 2.24) is 4.57 Å². The zero-order chi connectivity index (χ0) is 39.6. The molecule has 0 bridgehead atoms. The summed E-state index contributed by atoms with van der Waals surface area (Å²) in [6.45, 7) is 0. The maximum Gasteiger partial charge on any atom is 0.0547 e. The number of rotatable bonds is 6. The van der Waals surface area contributed by atoms with E-state index in [4.69, 9.17) is 0 Å². The Balaban J connectivity index is 1.05. The maximum atomic E-state index is 2.44. The van der Waals surface area contributed by atoms with E-state index in [-0.39, 0.29) is 0 Å². The Morgan fingerprint density at radius 3 is 1.50 bits per heavy atom. The molecule has 12 aromatic rings. The number of benzene rings is 11. The van der Waals surface area contributed by atoms with Gasteiger partial charge in [0.1, 0.15) is 0 Å². The summed E-state index contributed by atoms with van der Waals surface area (Å²) in [6, 6.07) is 84.4. The Bertz CT molecular complexity index is 3500. The fourth-order valence-electron chi connectivity index (χ4n) is 9.59. The number of para-hydroxylation sites is 3. The van der Waals surface area contributed by atoms with Crippen molar-refractivity contribution in [3.63, 3.8) is 0 Å². The van der Waals surface area contributed by atoms with Crippen molar-refractivity contribution in [3.8, 4) is 27.9 Å². The molecule has 0 N–H and O–H groups in total. The molecule has 0 aliphatic rings. The molecule has 2 nitrogen and oxygen atoms in total. The number of nitrogens with zero attached hydrogens (tertiary/aromatic N) is 2. The van der Waals surface area contributed by atoms with Crippen molar-refractivity contribution in [2.24, 2.45) is 0 Å². The topological polar surface area (TPSA) is 8.17 Å². The van der Waals surface area contributed by atoms with Gasteiger partial charge in [-0.2, -0.15) is 0 Å². The first-order valence-corrected chi connectivity index (χ1v) is 20.7. The summed E-state index contributed by atoms with van der Waals surface area (Å²) in [5, 5.41) is 12.5. The Kier molecular flexibility index (Phi) is 7.89. The van der Waals surface area contributed by atoms with Gasteiger partial charge < -0.3 is 9.47 Å². The molecule has 2 heteroatoms. The van der Waals surface area contributed by atoms with Gasteiger partial charge in [0.2, 0.25) is 0 Å². The first kappa shape index (κ1) is 34.1. The van der Waals surface area contributed by atoms with E-state index in [1.807, 2.05) is 0 Å². The number of anilines is 3. The van der Waals surface area contributed by atoms with E-state index >= 15 is 0 Å². The molecule has 0 atom stereocenters. The molecular weight excluding hydrogens is 725 g/mol. The van der Waals surface area contributed by atoms with Crippen LogP contribution >= 0.6 is 0 Å². The highest BCUT2D eigenvalue weighted by Crippen LogP contribution is 2.45. The third-order valence-electron chi connectivity index (χ3n) is 12.3. The average Bonchev–Trinajstić information content (AvgIpc) is 3.66. The first-order chi connectivity index (χ1) is 29.8. The Hall–Kier alpha value is -7.94. The fraction of sp³-hybridized carbons (Fsp3) is 0. The van der Waals surface area contributed by atoms with Crippen LogP contribution in [0.25, 0.3) is 92.8 Å². The minimum absolute atomic E-state index is 1.11. The summed E-state index contributed by atoms with van der Waals surface area (Å²) < 4.78 is 2.39. The van der Waals surface area contributed by atoms with Crippen molar-refractivity contribution in [1.29, 1.82) is 0 Å². The van der Waals surface area contributed by atoms with Crippen LogP contribution < -0.4 is 4.90 Å². The van der Waals surface area contributed by atoms with Gasteiger partial charge in [0, 0.05) is 33.4 Å². The molecule has 0 radical (unpaired) electrons. The highest BCUT2D eigenvalue weighted by molar-refractivity contribution is 6.16. The van der Waals surface area contributed by atoms with Gasteiger partial charge in [0.05, 0.1) is 16.7 Å². The fourth-order valence-corrected chi connectivity index (χ4v) is 9.59. The molecule has 0 aliphatic carbocycles. The summed E-state index contributed by atoms with van der Waals surface area (Å²) >= 11 is 0. The van der Waals surface area contributed by atoms with Crippen molar-refractivity contribution < 1.29 is 0 Å². The van der Waals surface area contributed by atoms with Crippen LogP contribution in [0.4, 0.5) is 17.1 Å². The van der Waals surface area contributed by atoms with E-state index in [2.05, 4.69) is 240 Å². The number of fused-ring (bicyclic) bond motifs is 9. The zero-order valence-corrected chi connectivity index (χ0v) is 32.8. The highest BCUT2D eigenvalue weighted by Gasteiger charge is 2.20. The summed E-state index contributed by atoms with van der Waals surface area (Å²) in [6.07, 6.45) is 0. The van der Waals surface area contributed by atoms with Crippen LogP contribution in [0.15, 0.2) is 231 Å². The van der Waals surface area contributed by atoms with Crippen LogP contribution in [0.1, 0.15) is 0 Å². The van der Waals surface area contributed by atoms with Gasteiger partial charge in [0.15, 0.2) is 0 Å². The largest absolute Gasteiger partial charge is 0.310 e. The van der Waals surface area contributed by atoms with Crippen LogP contribution in [0, 0.1) is 0 Å². The maximum absolute atomic E-state index is 2.44. The predicted molar refractivity (Wildman–Crippen MR) is 256 cm³/mol. The average molecular weight is 763 g/mol. The van der Waals surface area contributed by atoms with E-state index in [0.717, 1.165) is 33.9 Å². The van der Waals surface area contributed by atoms with Gasteiger partial charge in [-0.25, -0.2) is 0 Å². The minimum atomic E-state index is 1.11. The molecule has 1 heterocycles. The molecule has 0 saturated heterocycles. The minimum Gasteiger partial charge on any atom is -0.310 e. The molecule has 11 aromatic carbocycles. The zero-order valence-electron chi connectivity index (χ0n) is 32.8. The normalized spacial score (nSPS) is 11.7. The van der Waals surface area contributed by atoms with Gasteiger partial charge in [0.25, 0.3) is 0 Å². The van der Waals surface area contributed by atoms with E-state index in [9.17, 15) is 0 Å². The van der Waals surface area contributed by atoms with Gasteiger partial charge in [-0.05, 0) is 120 Å². The molecule has 280 valence electrons. The van der Waals surface area contributed by atoms with E-state index in [0.29, 0.717) is 0 Å². The number of hydrogen-bond acceptors (Lipinski definition) is 1. The molecule has 0 amide bonds. The molecule has 0 fully saturated rings. The Morgan fingerprint density at radius 2 is 0.800 bits per heavy atom. The highest BCUT2D eigenvalue weighted by atomic mass is 15.1. The summed E-state index contributed by atoms with van der Waals surface area (Å²) in [5.41, 5.74) is 11.6. The lowest BCUT2D eigenvalue weighted by Gasteiger charge is -2.29. The molecule has 12 rings (SSSR count). The lowest BCUT2D eigenvalue weighted by Crippen LogP contribution is -2.11. The first-order valence-electron chi connectivity index (χ1n) is 20.7. The molecule has 0 spiro atoms. The third-order valence-corrected chi connectivity index (χ3v) is 12.3. The Morgan fingerprint density at radius 1 is 0.300 bits per heavy atom. The lowest BCUT2D eigenvalue weighted by atomic mass is 9.94. The SMILES string of the molecule is c1ccc(-n2c3ccccc3c3c(-c4cccc(-c5ccccc5N(c5ccc6c(ccc7ccccc76)c5)c5ccc6c(ccc7ccccc76)c5)c4)cccc32)cc1. The second-order valence-electron chi connectivity index (χ2n) is 15.7. The van der Waals surface area contributed by atoms with Crippen LogP contribution in [-0.4, -0.2) is 4.57 Å². The lowest BCUT2D eigenvalue weighted by molar-refractivity contribution is 1.18. The third kappa shape index (κ3) is 5.50. The smallest absolute Gasteiger partial charge is 0.0547 e. The second kappa shape index (κ2) is 13.9. The van der Waals surface area contributed by atoms with Crippen molar-refractivity contribution in [3.05, 3.63) is 231 Å². The molecule has 0 saturated carbocycles. The van der Waals surface area contributed by atoms with Crippen LogP contribution in [-0.2, 0) is 0 Å². The molecule has 1 aromatic heterocycles. The van der Waals surface area contributed by atoms with Gasteiger partial charge in [-0.15, -0.1) is 0 Å². The van der Waals surface area contributed by atoms with E-state index in [1.165, 1.54) is 76.0 Å². The second-order valence-corrected chi connectivity index (χ2v) is 15.7. The molecule has 0 unspecified atom stereocenters. The predicted octanol–water partition coefficient (Wildman–Crippen LogP) is 16.2. The quantitative estimate of drug-likeness (QED) is 0.153.